The van der Waals surface area contributed by atoms with Gasteiger partial charge in [-0.3, -0.25) is 0 Å². The van der Waals surface area contributed by atoms with Gasteiger partial charge < -0.3 is 15.2 Å². The first-order valence-corrected chi connectivity index (χ1v) is 7.02. The van der Waals surface area contributed by atoms with E-state index in [4.69, 9.17) is 15.2 Å². The van der Waals surface area contributed by atoms with E-state index < -0.39 is 0 Å². The summed E-state index contributed by atoms with van der Waals surface area (Å²) < 4.78 is 11.3. The van der Waals surface area contributed by atoms with Crippen molar-refractivity contribution in [1.82, 2.24) is 0 Å². The van der Waals surface area contributed by atoms with Crippen molar-refractivity contribution in [3.05, 3.63) is 59.7 Å². The predicted molar refractivity (Wildman–Crippen MR) is 79.1 cm³/mol. The van der Waals surface area contributed by atoms with E-state index in [9.17, 15) is 0 Å². The summed E-state index contributed by atoms with van der Waals surface area (Å²) in [6, 6.07) is 16.1. The molecule has 0 spiro atoms. The summed E-state index contributed by atoms with van der Waals surface area (Å²) in [6.45, 7) is 1.08. The van der Waals surface area contributed by atoms with Gasteiger partial charge >= 0.3 is 0 Å². The average molecular weight is 269 g/mol. The SMILES string of the molecule is N[C@@H]1CCc2cc(OCCOc3ccccc3)ccc21. The van der Waals surface area contributed by atoms with Gasteiger partial charge in [-0.15, -0.1) is 0 Å². The van der Waals surface area contributed by atoms with Crippen LogP contribution in [0.2, 0.25) is 0 Å². The monoisotopic (exact) mass is 269 g/mol. The molecule has 2 aromatic rings. The van der Waals surface area contributed by atoms with Crippen LogP contribution in [0.15, 0.2) is 48.5 Å². The number of para-hydroxylation sites is 1. The van der Waals surface area contributed by atoms with Gasteiger partial charge in [0.2, 0.25) is 0 Å². The van der Waals surface area contributed by atoms with Crippen LogP contribution in [0.25, 0.3) is 0 Å². The van der Waals surface area contributed by atoms with Gasteiger partial charge in [0.1, 0.15) is 24.7 Å². The zero-order valence-electron chi connectivity index (χ0n) is 11.4. The molecule has 0 heterocycles. The van der Waals surface area contributed by atoms with Crippen LogP contribution < -0.4 is 15.2 Å². The lowest BCUT2D eigenvalue weighted by Gasteiger charge is -2.10. The van der Waals surface area contributed by atoms with Crippen LogP contribution in [0.5, 0.6) is 11.5 Å². The summed E-state index contributed by atoms with van der Waals surface area (Å²) in [4.78, 5) is 0. The minimum atomic E-state index is 0.195. The Labute approximate surface area is 119 Å². The molecule has 3 heteroatoms. The number of hydrogen-bond donors (Lipinski definition) is 1. The minimum absolute atomic E-state index is 0.195. The summed E-state index contributed by atoms with van der Waals surface area (Å²) in [5.41, 5.74) is 8.60. The molecule has 3 rings (SSSR count). The molecular weight excluding hydrogens is 250 g/mol. The highest BCUT2D eigenvalue weighted by Gasteiger charge is 2.18. The second kappa shape index (κ2) is 5.97. The van der Waals surface area contributed by atoms with E-state index in [2.05, 4.69) is 12.1 Å². The van der Waals surface area contributed by atoms with Gasteiger partial charge in [-0.1, -0.05) is 24.3 Å². The zero-order valence-corrected chi connectivity index (χ0v) is 11.4. The quantitative estimate of drug-likeness (QED) is 0.848. The number of ether oxygens (including phenoxy) is 2. The van der Waals surface area contributed by atoms with Crippen molar-refractivity contribution in [3.63, 3.8) is 0 Å². The molecule has 3 nitrogen and oxygen atoms in total. The maximum atomic E-state index is 6.02. The summed E-state index contributed by atoms with van der Waals surface area (Å²) in [5.74, 6) is 1.77. The molecular formula is C17H19NO2. The first-order valence-electron chi connectivity index (χ1n) is 7.02. The number of hydrogen-bond acceptors (Lipinski definition) is 3. The topological polar surface area (TPSA) is 44.5 Å². The molecule has 0 aliphatic heterocycles. The van der Waals surface area contributed by atoms with Gasteiger partial charge in [0.15, 0.2) is 0 Å². The van der Waals surface area contributed by atoms with Crippen molar-refractivity contribution >= 4 is 0 Å². The molecule has 0 fully saturated rings. The van der Waals surface area contributed by atoms with Crippen LogP contribution in [0.3, 0.4) is 0 Å². The fourth-order valence-corrected chi connectivity index (χ4v) is 2.55. The van der Waals surface area contributed by atoms with Crippen LogP contribution >= 0.6 is 0 Å². The molecule has 0 amide bonds. The van der Waals surface area contributed by atoms with Gasteiger partial charge in [-0.2, -0.15) is 0 Å². The summed E-state index contributed by atoms with van der Waals surface area (Å²) >= 11 is 0. The van der Waals surface area contributed by atoms with Gasteiger partial charge in [0.05, 0.1) is 0 Å². The smallest absolute Gasteiger partial charge is 0.122 e. The van der Waals surface area contributed by atoms with E-state index >= 15 is 0 Å². The Hall–Kier alpha value is -2.00. The molecule has 0 unspecified atom stereocenters. The molecule has 1 aliphatic rings. The first kappa shape index (κ1) is 13.0. The van der Waals surface area contributed by atoms with Crippen molar-refractivity contribution in [2.24, 2.45) is 5.73 Å². The Bertz CT molecular complexity index is 568. The first-order chi connectivity index (χ1) is 9.83. The Morgan fingerprint density at radius 2 is 1.70 bits per heavy atom. The van der Waals surface area contributed by atoms with Gasteiger partial charge in [-0.05, 0) is 48.2 Å². The average Bonchev–Trinajstić information content (AvgIpc) is 2.86. The van der Waals surface area contributed by atoms with E-state index in [-0.39, 0.29) is 6.04 Å². The van der Waals surface area contributed by atoms with Gasteiger partial charge in [-0.25, -0.2) is 0 Å². The molecule has 0 saturated carbocycles. The third-order valence-corrected chi connectivity index (χ3v) is 3.60. The van der Waals surface area contributed by atoms with Crippen molar-refractivity contribution in [1.29, 1.82) is 0 Å². The Morgan fingerprint density at radius 3 is 2.50 bits per heavy atom. The largest absolute Gasteiger partial charge is 0.490 e. The standard InChI is InChI=1S/C17H19NO2/c18-17-9-6-13-12-15(7-8-16(13)17)20-11-10-19-14-4-2-1-3-5-14/h1-5,7-8,12,17H,6,9-11,18H2/t17-/m1/s1. The van der Waals surface area contributed by atoms with E-state index in [1.807, 2.05) is 36.4 Å². The minimum Gasteiger partial charge on any atom is -0.490 e. The highest BCUT2D eigenvalue weighted by atomic mass is 16.5. The number of fused-ring (bicyclic) bond motifs is 1. The van der Waals surface area contributed by atoms with Crippen molar-refractivity contribution in [2.45, 2.75) is 18.9 Å². The Balaban J connectivity index is 1.50. The van der Waals surface area contributed by atoms with E-state index in [1.165, 1.54) is 11.1 Å². The molecule has 1 aliphatic carbocycles. The lowest BCUT2D eigenvalue weighted by Crippen LogP contribution is -2.09. The van der Waals surface area contributed by atoms with Crippen molar-refractivity contribution < 1.29 is 9.47 Å². The fraction of sp³-hybridized carbons (Fsp3) is 0.294. The van der Waals surface area contributed by atoms with E-state index in [0.29, 0.717) is 13.2 Å². The second-order valence-corrected chi connectivity index (χ2v) is 5.02. The van der Waals surface area contributed by atoms with Crippen molar-refractivity contribution in [3.8, 4) is 11.5 Å². The van der Waals surface area contributed by atoms with Crippen LogP contribution in [-0.2, 0) is 6.42 Å². The summed E-state index contributed by atoms with van der Waals surface area (Å²) in [7, 11) is 0. The lowest BCUT2D eigenvalue weighted by atomic mass is 10.1. The molecule has 20 heavy (non-hydrogen) atoms. The zero-order chi connectivity index (χ0) is 13.8. The Kier molecular flexibility index (Phi) is 3.88. The van der Waals surface area contributed by atoms with Crippen LogP contribution in [0.4, 0.5) is 0 Å². The number of benzene rings is 2. The number of rotatable bonds is 5. The number of aryl methyl sites for hydroxylation is 1. The lowest BCUT2D eigenvalue weighted by molar-refractivity contribution is 0.217. The van der Waals surface area contributed by atoms with Crippen LogP contribution in [-0.4, -0.2) is 13.2 Å². The maximum absolute atomic E-state index is 6.02. The predicted octanol–water partition coefficient (Wildman–Crippen LogP) is 3.09. The summed E-state index contributed by atoms with van der Waals surface area (Å²) in [5, 5.41) is 0. The molecule has 0 aromatic heterocycles. The Morgan fingerprint density at radius 1 is 0.950 bits per heavy atom. The maximum Gasteiger partial charge on any atom is 0.122 e. The highest BCUT2D eigenvalue weighted by Crippen LogP contribution is 2.31. The van der Waals surface area contributed by atoms with Crippen LogP contribution in [0, 0.1) is 0 Å². The van der Waals surface area contributed by atoms with Crippen LogP contribution in [0.1, 0.15) is 23.6 Å². The molecule has 0 radical (unpaired) electrons. The summed E-state index contributed by atoms with van der Waals surface area (Å²) in [6.07, 6.45) is 2.09. The van der Waals surface area contributed by atoms with E-state index in [0.717, 1.165) is 24.3 Å². The van der Waals surface area contributed by atoms with Crippen molar-refractivity contribution in [2.75, 3.05) is 13.2 Å². The number of nitrogens with two attached hydrogens (primary N) is 1. The molecule has 2 aromatic carbocycles. The van der Waals surface area contributed by atoms with Gasteiger partial charge in [0.25, 0.3) is 0 Å². The van der Waals surface area contributed by atoms with E-state index in [1.54, 1.807) is 0 Å². The fourth-order valence-electron chi connectivity index (χ4n) is 2.55. The normalized spacial score (nSPS) is 16.8. The van der Waals surface area contributed by atoms with Gasteiger partial charge in [0, 0.05) is 6.04 Å². The molecule has 0 saturated heterocycles. The third kappa shape index (κ3) is 2.94. The third-order valence-electron chi connectivity index (χ3n) is 3.60. The second-order valence-electron chi connectivity index (χ2n) is 5.02. The molecule has 2 N–H and O–H groups in total. The molecule has 0 bridgehead atoms. The molecule has 104 valence electrons. The molecule has 1 atom stereocenters. The highest BCUT2D eigenvalue weighted by molar-refractivity contribution is 5.40.